The Kier molecular flexibility index (Phi) is 4.78. The van der Waals surface area contributed by atoms with E-state index in [-0.39, 0.29) is 6.04 Å². The third-order valence-corrected chi connectivity index (χ3v) is 3.96. The molecule has 0 spiro atoms. The first kappa shape index (κ1) is 13.5. The molecule has 0 amide bonds. The monoisotopic (exact) mass is 227 g/mol. The predicted octanol–water partition coefficient (Wildman–Crippen LogP) is 2.66. The van der Waals surface area contributed by atoms with Crippen molar-refractivity contribution in [1.82, 2.24) is 5.32 Å². The Bertz CT molecular complexity index is 234. The third kappa shape index (κ3) is 3.48. The van der Waals surface area contributed by atoms with Crippen LogP contribution >= 0.6 is 0 Å². The minimum Gasteiger partial charge on any atom is -0.480 e. The van der Waals surface area contributed by atoms with Gasteiger partial charge in [-0.15, -0.1) is 0 Å². The summed E-state index contributed by atoms with van der Waals surface area (Å²) in [7, 11) is 0. The average Bonchev–Trinajstić information content (AvgIpc) is 2.98. The Morgan fingerprint density at radius 3 is 2.44 bits per heavy atom. The molecule has 94 valence electrons. The van der Waals surface area contributed by atoms with Gasteiger partial charge in [-0.25, -0.2) is 0 Å². The van der Waals surface area contributed by atoms with Gasteiger partial charge in [-0.05, 0) is 30.6 Å². The van der Waals surface area contributed by atoms with Crippen LogP contribution in [0.15, 0.2) is 0 Å². The molecule has 1 saturated carbocycles. The van der Waals surface area contributed by atoms with Crippen LogP contribution in [-0.4, -0.2) is 23.7 Å². The number of carboxylic acid groups (broad SMARTS) is 1. The second kappa shape index (κ2) is 5.67. The standard InChI is InChI=1S/C13H25NO2/c1-4-5-6-11(12(15)16)14-9-13(7-8-13)10(2)3/h10-11,14H,4-9H2,1-3H3,(H,15,16). The van der Waals surface area contributed by atoms with Gasteiger partial charge in [0.05, 0.1) is 0 Å². The largest absolute Gasteiger partial charge is 0.480 e. The van der Waals surface area contributed by atoms with Crippen LogP contribution in [0.5, 0.6) is 0 Å². The second-order valence-electron chi connectivity index (χ2n) is 5.43. The molecule has 0 aromatic carbocycles. The highest BCUT2D eigenvalue weighted by Gasteiger charge is 2.45. The summed E-state index contributed by atoms with van der Waals surface area (Å²) in [5.74, 6) is -0.0476. The van der Waals surface area contributed by atoms with E-state index in [1.807, 2.05) is 0 Å². The highest BCUT2D eigenvalue weighted by atomic mass is 16.4. The molecule has 3 heteroatoms. The van der Waals surface area contributed by atoms with Gasteiger partial charge in [0.1, 0.15) is 6.04 Å². The van der Waals surface area contributed by atoms with Crippen molar-refractivity contribution in [1.29, 1.82) is 0 Å². The minimum absolute atomic E-state index is 0.351. The maximum absolute atomic E-state index is 11.1. The number of hydrogen-bond acceptors (Lipinski definition) is 2. The van der Waals surface area contributed by atoms with Crippen LogP contribution in [0.1, 0.15) is 52.9 Å². The van der Waals surface area contributed by atoms with Crippen molar-refractivity contribution >= 4 is 5.97 Å². The van der Waals surface area contributed by atoms with E-state index in [0.717, 1.165) is 25.8 Å². The Morgan fingerprint density at radius 2 is 2.06 bits per heavy atom. The summed E-state index contributed by atoms with van der Waals surface area (Å²) in [4.78, 5) is 11.1. The van der Waals surface area contributed by atoms with Crippen molar-refractivity contribution in [2.45, 2.75) is 58.9 Å². The van der Waals surface area contributed by atoms with Crippen molar-refractivity contribution in [2.75, 3.05) is 6.54 Å². The zero-order valence-corrected chi connectivity index (χ0v) is 10.8. The van der Waals surface area contributed by atoms with E-state index >= 15 is 0 Å². The van der Waals surface area contributed by atoms with E-state index in [0.29, 0.717) is 11.3 Å². The molecule has 1 unspecified atom stereocenters. The van der Waals surface area contributed by atoms with E-state index in [1.54, 1.807) is 0 Å². The number of rotatable bonds is 8. The van der Waals surface area contributed by atoms with Crippen LogP contribution in [0.4, 0.5) is 0 Å². The Hall–Kier alpha value is -0.570. The molecule has 1 fully saturated rings. The number of hydrogen-bond donors (Lipinski definition) is 2. The van der Waals surface area contributed by atoms with Gasteiger partial charge in [0.2, 0.25) is 0 Å². The molecule has 0 radical (unpaired) electrons. The van der Waals surface area contributed by atoms with Gasteiger partial charge in [-0.3, -0.25) is 4.79 Å². The summed E-state index contributed by atoms with van der Waals surface area (Å²) in [6, 6.07) is -0.351. The van der Waals surface area contributed by atoms with E-state index in [4.69, 9.17) is 5.11 Å². The number of nitrogens with one attached hydrogen (secondary N) is 1. The Morgan fingerprint density at radius 1 is 1.44 bits per heavy atom. The summed E-state index contributed by atoms with van der Waals surface area (Å²) in [6.45, 7) is 7.42. The lowest BCUT2D eigenvalue weighted by atomic mass is 9.92. The van der Waals surface area contributed by atoms with Crippen molar-refractivity contribution in [3.8, 4) is 0 Å². The second-order valence-corrected chi connectivity index (χ2v) is 5.43. The number of carbonyl (C=O) groups is 1. The lowest BCUT2D eigenvalue weighted by Crippen LogP contribution is -2.41. The van der Waals surface area contributed by atoms with Crippen molar-refractivity contribution in [3.63, 3.8) is 0 Å². The molecule has 0 heterocycles. The predicted molar refractivity (Wildman–Crippen MR) is 65.5 cm³/mol. The average molecular weight is 227 g/mol. The molecule has 1 atom stereocenters. The molecule has 16 heavy (non-hydrogen) atoms. The molecular formula is C13H25NO2. The summed E-state index contributed by atoms with van der Waals surface area (Å²) < 4.78 is 0. The van der Waals surface area contributed by atoms with E-state index in [1.165, 1.54) is 12.8 Å². The van der Waals surface area contributed by atoms with Crippen LogP contribution in [0.25, 0.3) is 0 Å². The molecule has 1 aliphatic rings. The Balaban J connectivity index is 2.35. The first-order valence-electron chi connectivity index (χ1n) is 6.48. The van der Waals surface area contributed by atoms with Gasteiger partial charge in [-0.2, -0.15) is 0 Å². The van der Waals surface area contributed by atoms with Gasteiger partial charge in [0.25, 0.3) is 0 Å². The van der Waals surface area contributed by atoms with Crippen molar-refractivity contribution in [3.05, 3.63) is 0 Å². The minimum atomic E-state index is -0.701. The fourth-order valence-corrected chi connectivity index (χ4v) is 2.17. The quantitative estimate of drug-likeness (QED) is 0.670. The Labute approximate surface area is 98.6 Å². The zero-order chi connectivity index (χ0) is 12.2. The van der Waals surface area contributed by atoms with Crippen molar-refractivity contribution in [2.24, 2.45) is 11.3 Å². The lowest BCUT2D eigenvalue weighted by molar-refractivity contribution is -0.139. The SMILES string of the molecule is CCCCC(NCC1(C(C)C)CC1)C(=O)O. The third-order valence-electron chi connectivity index (χ3n) is 3.96. The highest BCUT2D eigenvalue weighted by Crippen LogP contribution is 2.51. The van der Waals surface area contributed by atoms with Crippen LogP contribution < -0.4 is 5.32 Å². The maximum Gasteiger partial charge on any atom is 0.320 e. The summed E-state index contributed by atoms with van der Waals surface area (Å²) in [5.41, 5.74) is 0.389. The lowest BCUT2D eigenvalue weighted by Gasteiger charge is -2.23. The van der Waals surface area contributed by atoms with E-state index in [2.05, 4.69) is 26.1 Å². The molecule has 0 aromatic heterocycles. The normalized spacial score (nSPS) is 19.8. The fourth-order valence-electron chi connectivity index (χ4n) is 2.17. The molecule has 0 bridgehead atoms. The molecule has 3 nitrogen and oxygen atoms in total. The first-order valence-corrected chi connectivity index (χ1v) is 6.48. The smallest absolute Gasteiger partial charge is 0.320 e. The maximum atomic E-state index is 11.1. The molecule has 2 N–H and O–H groups in total. The van der Waals surface area contributed by atoms with Crippen LogP contribution in [-0.2, 0) is 4.79 Å². The van der Waals surface area contributed by atoms with Crippen LogP contribution in [0, 0.1) is 11.3 Å². The van der Waals surface area contributed by atoms with Gasteiger partial charge in [0, 0.05) is 6.54 Å². The number of aliphatic carboxylic acids is 1. The fraction of sp³-hybridized carbons (Fsp3) is 0.923. The molecule has 0 aromatic rings. The number of unbranched alkanes of at least 4 members (excludes halogenated alkanes) is 1. The highest BCUT2D eigenvalue weighted by molar-refractivity contribution is 5.73. The van der Waals surface area contributed by atoms with Crippen LogP contribution in [0.3, 0.4) is 0 Å². The zero-order valence-electron chi connectivity index (χ0n) is 10.8. The van der Waals surface area contributed by atoms with Gasteiger partial charge in [0.15, 0.2) is 0 Å². The summed E-state index contributed by atoms with van der Waals surface area (Å²) >= 11 is 0. The molecule has 1 rings (SSSR count). The van der Waals surface area contributed by atoms with E-state index in [9.17, 15) is 4.79 Å². The van der Waals surface area contributed by atoms with Gasteiger partial charge >= 0.3 is 5.97 Å². The molecule has 0 saturated heterocycles. The molecule has 0 aliphatic heterocycles. The topological polar surface area (TPSA) is 49.3 Å². The van der Waals surface area contributed by atoms with E-state index < -0.39 is 5.97 Å². The number of carboxylic acids is 1. The van der Waals surface area contributed by atoms with Crippen molar-refractivity contribution < 1.29 is 9.90 Å². The molecular weight excluding hydrogens is 202 g/mol. The summed E-state index contributed by atoms with van der Waals surface area (Å²) in [5, 5.41) is 12.3. The molecule has 1 aliphatic carbocycles. The van der Waals surface area contributed by atoms with Gasteiger partial charge < -0.3 is 10.4 Å². The van der Waals surface area contributed by atoms with Crippen LogP contribution in [0.2, 0.25) is 0 Å². The van der Waals surface area contributed by atoms with Gasteiger partial charge in [-0.1, -0.05) is 33.6 Å². The first-order chi connectivity index (χ1) is 7.52. The summed E-state index contributed by atoms with van der Waals surface area (Å²) in [6.07, 6.45) is 5.29.